The summed E-state index contributed by atoms with van der Waals surface area (Å²) in [5.41, 5.74) is 0.295. The fraction of sp³-hybridized carbons (Fsp3) is 0.312. The van der Waals surface area contributed by atoms with Crippen molar-refractivity contribution in [3.8, 4) is 11.6 Å². The van der Waals surface area contributed by atoms with Crippen molar-refractivity contribution >= 4 is 5.91 Å². The van der Waals surface area contributed by atoms with Gasteiger partial charge in [0.05, 0.1) is 13.7 Å². The van der Waals surface area contributed by atoms with E-state index in [0.717, 1.165) is 0 Å². The minimum absolute atomic E-state index is 0.117. The molecular weight excluding hydrogens is 301 g/mol. The van der Waals surface area contributed by atoms with E-state index in [-0.39, 0.29) is 17.8 Å². The van der Waals surface area contributed by atoms with Gasteiger partial charge in [0.15, 0.2) is 11.6 Å². The number of likely N-dealkylation sites (tertiary alicyclic amines) is 1. The Balaban J connectivity index is 1.64. The maximum absolute atomic E-state index is 13.7. The van der Waals surface area contributed by atoms with Crippen molar-refractivity contribution in [2.75, 3.05) is 20.2 Å². The Hall–Kier alpha value is -2.70. The molecule has 7 heteroatoms. The molecule has 1 aliphatic rings. The molecule has 1 atom stereocenters. The third-order valence-corrected chi connectivity index (χ3v) is 3.67. The van der Waals surface area contributed by atoms with E-state index in [4.69, 9.17) is 9.47 Å². The van der Waals surface area contributed by atoms with Gasteiger partial charge in [-0.2, -0.15) is 5.10 Å². The van der Waals surface area contributed by atoms with Crippen molar-refractivity contribution in [1.29, 1.82) is 0 Å². The van der Waals surface area contributed by atoms with Gasteiger partial charge in [-0.25, -0.2) is 4.39 Å². The Morgan fingerprint density at radius 1 is 1.39 bits per heavy atom. The van der Waals surface area contributed by atoms with E-state index in [9.17, 15) is 9.18 Å². The molecule has 120 valence electrons. The molecule has 1 aliphatic heterocycles. The van der Waals surface area contributed by atoms with E-state index in [1.54, 1.807) is 29.3 Å². The first-order valence-corrected chi connectivity index (χ1v) is 7.24. The van der Waals surface area contributed by atoms with Crippen LogP contribution in [0.3, 0.4) is 0 Å². The monoisotopic (exact) mass is 317 g/mol. The summed E-state index contributed by atoms with van der Waals surface area (Å²) >= 11 is 0. The zero-order valence-corrected chi connectivity index (χ0v) is 12.6. The van der Waals surface area contributed by atoms with E-state index in [2.05, 4.69) is 10.2 Å². The molecule has 1 aromatic heterocycles. The molecule has 0 radical (unpaired) electrons. The Bertz CT molecular complexity index is 696. The van der Waals surface area contributed by atoms with Crippen LogP contribution in [-0.2, 0) is 0 Å². The van der Waals surface area contributed by atoms with Crippen molar-refractivity contribution in [2.45, 2.75) is 12.5 Å². The van der Waals surface area contributed by atoms with Crippen LogP contribution in [0.5, 0.6) is 11.6 Å². The highest BCUT2D eigenvalue weighted by Gasteiger charge is 2.29. The summed E-state index contributed by atoms with van der Waals surface area (Å²) in [5, 5.41) is 7.61. The smallest absolute Gasteiger partial charge is 0.254 e. The van der Waals surface area contributed by atoms with E-state index in [1.165, 1.54) is 19.2 Å². The Morgan fingerprint density at radius 3 is 2.96 bits per heavy atom. The molecule has 3 rings (SSSR count). The first-order valence-electron chi connectivity index (χ1n) is 7.24. The maximum atomic E-state index is 13.7. The number of nitrogens with zero attached hydrogens (tertiary/aromatic N) is 3. The van der Waals surface area contributed by atoms with Gasteiger partial charge in [-0.15, -0.1) is 5.10 Å². The summed E-state index contributed by atoms with van der Waals surface area (Å²) in [6.45, 7) is 0.987. The van der Waals surface area contributed by atoms with Crippen LogP contribution in [0, 0.1) is 5.82 Å². The highest BCUT2D eigenvalue weighted by atomic mass is 19.1. The average molecular weight is 317 g/mol. The van der Waals surface area contributed by atoms with Crippen LogP contribution in [0.25, 0.3) is 0 Å². The van der Waals surface area contributed by atoms with Gasteiger partial charge in [-0.1, -0.05) is 0 Å². The number of hydrogen-bond acceptors (Lipinski definition) is 5. The van der Waals surface area contributed by atoms with Gasteiger partial charge in [-0.3, -0.25) is 4.79 Å². The van der Waals surface area contributed by atoms with Gasteiger partial charge >= 0.3 is 0 Å². The summed E-state index contributed by atoms with van der Waals surface area (Å²) in [7, 11) is 1.38. The normalized spacial score (nSPS) is 17.1. The van der Waals surface area contributed by atoms with Crippen molar-refractivity contribution in [1.82, 2.24) is 15.1 Å². The molecule has 1 amide bonds. The van der Waals surface area contributed by atoms with E-state index in [1.807, 2.05) is 0 Å². The number of halogens is 1. The molecule has 1 unspecified atom stereocenters. The van der Waals surface area contributed by atoms with E-state index < -0.39 is 5.82 Å². The maximum Gasteiger partial charge on any atom is 0.254 e. The first kappa shape index (κ1) is 15.2. The predicted octanol–water partition coefficient (Wildman–Crippen LogP) is 1.92. The molecule has 0 saturated carbocycles. The van der Waals surface area contributed by atoms with Gasteiger partial charge < -0.3 is 14.4 Å². The third-order valence-electron chi connectivity index (χ3n) is 3.67. The van der Waals surface area contributed by atoms with Crippen LogP contribution in [0.4, 0.5) is 4.39 Å². The van der Waals surface area contributed by atoms with Crippen LogP contribution in [0.1, 0.15) is 16.8 Å². The topological polar surface area (TPSA) is 64.5 Å². The zero-order valence-electron chi connectivity index (χ0n) is 12.6. The summed E-state index contributed by atoms with van der Waals surface area (Å²) in [6.07, 6.45) is 2.12. The molecular formula is C16H16FN3O3. The fourth-order valence-corrected chi connectivity index (χ4v) is 2.51. The van der Waals surface area contributed by atoms with Crippen LogP contribution >= 0.6 is 0 Å². The molecule has 2 heterocycles. The molecule has 1 aromatic carbocycles. The number of carbonyl (C=O) groups is 1. The highest BCUT2D eigenvalue weighted by molar-refractivity contribution is 5.94. The lowest BCUT2D eigenvalue weighted by molar-refractivity contribution is 0.0770. The largest absolute Gasteiger partial charge is 0.494 e. The lowest BCUT2D eigenvalue weighted by atomic mass is 10.2. The second-order valence-electron chi connectivity index (χ2n) is 5.19. The van der Waals surface area contributed by atoms with Crippen molar-refractivity contribution in [3.05, 3.63) is 47.9 Å². The fourth-order valence-electron chi connectivity index (χ4n) is 2.51. The van der Waals surface area contributed by atoms with Crippen LogP contribution in [0.15, 0.2) is 36.5 Å². The molecule has 6 nitrogen and oxygen atoms in total. The second kappa shape index (κ2) is 6.60. The predicted molar refractivity (Wildman–Crippen MR) is 79.9 cm³/mol. The van der Waals surface area contributed by atoms with E-state index >= 15 is 0 Å². The minimum atomic E-state index is -0.551. The number of amides is 1. The van der Waals surface area contributed by atoms with E-state index in [0.29, 0.717) is 31.0 Å². The number of carbonyl (C=O) groups excluding carboxylic acids is 1. The van der Waals surface area contributed by atoms with Gasteiger partial charge in [0.1, 0.15) is 6.10 Å². The van der Waals surface area contributed by atoms with Gasteiger partial charge in [0, 0.05) is 30.8 Å². The minimum Gasteiger partial charge on any atom is -0.494 e. The first-order chi connectivity index (χ1) is 11.2. The average Bonchev–Trinajstić information content (AvgIpc) is 3.03. The van der Waals surface area contributed by atoms with Gasteiger partial charge in [-0.05, 0) is 24.3 Å². The molecule has 1 saturated heterocycles. The van der Waals surface area contributed by atoms with Crippen molar-refractivity contribution in [3.63, 3.8) is 0 Å². The SMILES string of the molecule is COc1ccc(C(=O)N2CCC(Oc3cccnn3)C2)cc1F. The van der Waals surface area contributed by atoms with Crippen LogP contribution in [0.2, 0.25) is 0 Å². The summed E-state index contributed by atoms with van der Waals surface area (Å²) in [4.78, 5) is 14.1. The number of rotatable bonds is 4. The zero-order chi connectivity index (χ0) is 16.2. The van der Waals surface area contributed by atoms with Crippen molar-refractivity contribution in [2.24, 2.45) is 0 Å². The van der Waals surface area contributed by atoms with Crippen molar-refractivity contribution < 1.29 is 18.7 Å². The molecule has 2 aromatic rings. The second-order valence-corrected chi connectivity index (χ2v) is 5.19. The summed E-state index contributed by atoms with van der Waals surface area (Å²) in [6, 6.07) is 7.65. The Morgan fingerprint density at radius 2 is 2.26 bits per heavy atom. The quantitative estimate of drug-likeness (QED) is 0.862. The van der Waals surface area contributed by atoms with Crippen LogP contribution < -0.4 is 9.47 Å². The number of hydrogen-bond donors (Lipinski definition) is 0. The van der Waals surface area contributed by atoms with Crippen LogP contribution in [-0.4, -0.2) is 47.3 Å². The Kier molecular flexibility index (Phi) is 4.36. The van der Waals surface area contributed by atoms with Gasteiger partial charge in [0.2, 0.25) is 5.88 Å². The lowest BCUT2D eigenvalue weighted by Crippen LogP contribution is -2.31. The number of aromatic nitrogens is 2. The standard InChI is InChI=1S/C16H16FN3O3/c1-22-14-5-4-11(9-13(14)17)16(21)20-8-6-12(10-20)23-15-3-2-7-18-19-15/h2-5,7,9,12H,6,8,10H2,1H3. The number of methoxy groups -OCH3 is 1. The number of benzene rings is 1. The summed E-state index contributed by atoms with van der Waals surface area (Å²) < 4.78 is 24.3. The Labute approximate surface area is 132 Å². The molecule has 0 spiro atoms. The molecule has 0 N–H and O–H groups in total. The number of ether oxygens (including phenoxy) is 2. The summed E-state index contributed by atoms with van der Waals surface area (Å²) in [5.74, 6) is -0.226. The van der Waals surface area contributed by atoms with Gasteiger partial charge in [0.25, 0.3) is 5.91 Å². The molecule has 0 aliphatic carbocycles. The molecule has 23 heavy (non-hydrogen) atoms. The third kappa shape index (κ3) is 3.39. The molecule has 1 fully saturated rings. The highest BCUT2D eigenvalue weighted by Crippen LogP contribution is 2.21. The lowest BCUT2D eigenvalue weighted by Gasteiger charge is -2.17. The molecule has 0 bridgehead atoms.